The molecule has 0 aliphatic heterocycles. The summed E-state index contributed by atoms with van der Waals surface area (Å²) in [5.74, 6) is 0.0188. The molecule has 1 aromatic rings. The molecule has 1 aromatic carbocycles. The first kappa shape index (κ1) is 16.5. The first-order valence-corrected chi connectivity index (χ1v) is 7.21. The van der Waals surface area contributed by atoms with Crippen LogP contribution in [0.25, 0.3) is 0 Å². The monoisotopic (exact) mass is 279 g/mol. The van der Waals surface area contributed by atoms with Gasteiger partial charge in [-0.15, -0.1) is 0 Å². The summed E-state index contributed by atoms with van der Waals surface area (Å²) in [7, 11) is 0. The molecule has 20 heavy (non-hydrogen) atoms. The number of benzene rings is 1. The summed E-state index contributed by atoms with van der Waals surface area (Å²) in [4.78, 5) is 11.1. The number of ether oxygens (including phenoxy) is 1. The quantitative estimate of drug-likeness (QED) is 0.729. The van der Waals surface area contributed by atoms with E-state index in [0.717, 1.165) is 18.6 Å². The molecule has 0 saturated carbocycles. The van der Waals surface area contributed by atoms with Crippen LogP contribution in [-0.4, -0.2) is 29.8 Å². The standard InChI is InChI=1S/C16H25NO3/c1-4-5-6-15(16(18)19)17-13(3)11-20-14-9-7-12(2)8-10-14/h7-10,13,15,17H,4-6,11H2,1-3H3,(H,18,19). The largest absolute Gasteiger partial charge is 0.492 e. The predicted octanol–water partition coefficient (Wildman–Crippen LogP) is 3.00. The van der Waals surface area contributed by atoms with Crippen LogP contribution in [0.2, 0.25) is 0 Å². The van der Waals surface area contributed by atoms with Crippen molar-refractivity contribution in [3.63, 3.8) is 0 Å². The van der Waals surface area contributed by atoms with Gasteiger partial charge in [-0.25, -0.2) is 0 Å². The van der Waals surface area contributed by atoms with E-state index in [-0.39, 0.29) is 6.04 Å². The number of unbranched alkanes of at least 4 members (excludes halogenated alkanes) is 1. The van der Waals surface area contributed by atoms with Crippen LogP contribution in [0.3, 0.4) is 0 Å². The molecule has 4 nitrogen and oxygen atoms in total. The van der Waals surface area contributed by atoms with Crippen molar-refractivity contribution >= 4 is 5.97 Å². The van der Waals surface area contributed by atoms with Gasteiger partial charge in [0, 0.05) is 6.04 Å². The molecule has 0 aliphatic carbocycles. The number of carboxylic acids is 1. The second kappa shape index (κ2) is 8.59. The highest BCUT2D eigenvalue weighted by atomic mass is 16.5. The first-order valence-electron chi connectivity index (χ1n) is 7.21. The summed E-state index contributed by atoms with van der Waals surface area (Å²) in [5, 5.41) is 12.3. The fourth-order valence-corrected chi connectivity index (χ4v) is 1.93. The molecule has 112 valence electrons. The van der Waals surface area contributed by atoms with Gasteiger partial charge in [0.2, 0.25) is 0 Å². The average Bonchev–Trinajstić information content (AvgIpc) is 2.42. The Morgan fingerprint density at radius 2 is 2.00 bits per heavy atom. The van der Waals surface area contributed by atoms with E-state index in [1.54, 1.807) is 0 Å². The van der Waals surface area contributed by atoms with Crippen molar-refractivity contribution in [2.75, 3.05) is 6.61 Å². The predicted molar refractivity (Wildman–Crippen MR) is 80.2 cm³/mol. The zero-order chi connectivity index (χ0) is 15.0. The highest BCUT2D eigenvalue weighted by molar-refractivity contribution is 5.73. The minimum absolute atomic E-state index is 0.00532. The number of hydrogen-bond acceptors (Lipinski definition) is 3. The van der Waals surface area contributed by atoms with Gasteiger partial charge in [0.15, 0.2) is 0 Å². The maximum absolute atomic E-state index is 11.1. The van der Waals surface area contributed by atoms with E-state index in [9.17, 15) is 4.79 Å². The van der Waals surface area contributed by atoms with Gasteiger partial charge >= 0.3 is 5.97 Å². The molecule has 2 N–H and O–H groups in total. The Kier molecular flexibility index (Phi) is 7.09. The number of rotatable bonds is 9. The summed E-state index contributed by atoms with van der Waals surface area (Å²) in [6, 6.07) is 7.34. The molecule has 0 saturated heterocycles. The lowest BCUT2D eigenvalue weighted by molar-refractivity contribution is -0.140. The molecular formula is C16H25NO3. The molecule has 0 heterocycles. The average molecular weight is 279 g/mol. The van der Waals surface area contributed by atoms with Gasteiger partial charge in [0.05, 0.1) is 0 Å². The third-order valence-electron chi connectivity index (χ3n) is 3.15. The van der Waals surface area contributed by atoms with Crippen LogP contribution in [0.4, 0.5) is 0 Å². The Balaban J connectivity index is 2.39. The topological polar surface area (TPSA) is 58.6 Å². The van der Waals surface area contributed by atoms with Gasteiger partial charge in [-0.3, -0.25) is 10.1 Å². The van der Waals surface area contributed by atoms with E-state index in [2.05, 4.69) is 12.2 Å². The van der Waals surface area contributed by atoms with Crippen LogP contribution in [0.15, 0.2) is 24.3 Å². The Morgan fingerprint density at radius 1 is 1.35 bits per heavy atom. The third-order valence-corrected chi connectivity index (χ3v) is 3.15. The SMILES string of the molecule is CCCCC(NC(C)COc1ccc(C)cc1)C(=O)O. The Bertz CT molecular complexity index is 403. The molecule has 0 fully saturated rings. The highest BCUT2D eigenvalue weighted by Gasteiger charge is 2.18. The van der Waals surface area contributed by atoms with Gasteiger partial charge in [0.25, 0.3) is 0 Å². The van der Waals surface area contributed by atoms with E-state index in [1.807, 2.05) is 38.1 Å². The minimum Gasteiger partial charge on any atom is -0.492 e. The van der Waals surface area contributed by atoms with Crippen molar-refractivity contribution in [1.29, 1.82) is 0 Å². The maximum Gasteiger partial charge on any atom is 0.320 e. The number of carbonyl (C=O) groups is 1. The fraction of sp³-hybridized carbons (Fsp3) is 0.562. The number of nitrogens with one attached hydrogen (secondary N) is 1. The zero-order valence-corrected chi connectivity index (χ0v) is 12.6. The van der Waals surface area contributed by atoms with Gasteiger partial charge in [-0.1, -0.05) is 37.5 Å². The van der Waals surface area contributed by atoms with Gasteiger partial charge in [-0.2, -0.15) is 0 Å². The van der Waals surface area contributed by atoms with Gasteiger partial charge in [-0.05, 0) is 32.4 Å². The van der Waals surface area contributed by atoms with Crippen molar-refractivity contribution in [3.05, 3.63) is 29.8 Å². The summed E-state index contributed by atoms with van der Waals surface area (Å²) >= 11 is 0. The lowest BCUT2D eigenvalue weighted by Crippen LogP contribution is -2.44. The molecule has 0 aromatic heterocycles. The van der Waals surface area contributed by atoms with Crippen LogP contribution < -0.4 is 10.1 Å². The molecule has 0 bridgehead atoms. The van der Waals surface area contributed by atoms with Crippen molar-refractivity contribution in [1.82, 2.24) is 5.32 Å². The van der Waals surface area contributed by atoms with Crippen molar-refractivity contribution in [2.24, 2.45) is 0 Å². The number of aliphatic carboxylic acids is 1. The van der Waals surface area contributed by atoms with E-state index in [0.29, 0.717) is 13.0 Å². The molecule has 0 spiro atoms. The second-order valence-corrected chi connectivity index (χ2v) is 5.22. The maximum atomic E-state index is 11.1. The van der Waals surface area contributed by atoms with Crippen molar-refractivity contribution in [2.45, 2.75) is 52.1 Å². The van der Waals surface area contributed by atoms with Crippen LogP contribution in [0.5, 0.6) is 5.75 Å². The highest BCUT2D eigenvalue weighted by Crippen LogP contribution is 2.11. The minimum atomic E-state index is -0.791. The molecule has 1 rings (SSSR count). The molecule has 0 amide bonds. The van der Waals surface area contributed by atoms with Gasteiger partial charge in [0.1, 0.15) is 18.4 Å². The summed E-state index contributed by atoms with van der Waals surface area (Å²) in [6.07, 6.45) is 2.57. The number of aryl methyl sites for hydroxylation is 1. The molecular weight excluding hydrogens is 254 g/mol. The fourth-order valence-electron chi connectivity index (χ4n) is 1.93. The second-order valence-electron chi connectivity index (χ2n) is 5.22. The van der Waals surface area contributed by atoms with Gasteiger partial charge < -0.3 is 9.84 Å². The Hall–Kier alpha value is -1.55. The van der Waals surface area contributed by atoms with Crippen LogP contribution >= 0.6 is 0 Å². The third kappa shape index (κ3) is 6.06. The van der Waals surface area contributed by atoms with E-state index in [4.69, 9.17) is 9.84 Å². The molecule has 4 heteroatoms. The Morgan fingerprint density at radius 3 is 2.55 bits per heavy atom. The van der Waals surface area contributed by atoms with E-state index in [1.165, 1.54) is 5.56 Å². The Labute approximate surface area is 121 Å². The normalized spacial score (nSPS) is 13.8. The van der Waals surface area contributed by atoms with E-state index < -0.39 is 12.0 Å². The lowest BCUT2D eigenvalue weighted by Gasteiger charge is -2.20. The van der Waals surface area contributed by atoms with Crippen LogP contribution in [-0.2, 0) is 4.79 Å². The van der Waals surface area contributed by atoms with E-state index >= 15 is 0 Å². The van der Waals surface area contributed by atoms with Crippen molar-refractivity contribution in [3.8, 4) is 5.75 Å². The number of carboxylic acid groups (broad SMARTS) is 1. The van der Waals surface area contributed by atoms with Crippen molar-refractivity contribution < 1.29 is 14.6 Å². The number of hydrogen-bond donors (Lipinski definition) is 2. The van der Waals surface area contributed by atoms with Crippen LogP contribution in [0.1, 0.15) is 38.7 Å². The summed E-state index contributed by atoms with van der Waals surface area (Å²) < 4.78 is 5.65. The smallest absolute Gasteiger partial charge is 0.320 e. The molecule has 2 unspecified atom stereocenters. The zero-order valence-electron chi connectivity index (χ0n) is 12.6. The molecule has 0 aliphatic rings. The lowest BCUT2D eigenvalue weighted by atomic mass is 10.1. The van der Waals surface area contributed by atoms with Crippen LogP contribution in [0, 0.1) is 6.92 Å². The summed E-state index contributed by atoms with van der Waals surface area (Å²) in [5.41, 5.74) is 1.19. The molecule has 2 atom stereocenters. The summed E-state index contributed by atoms with van der Waals surface area (Å²) in [6.45, 7) is 6.48. The molecule has 0 radical (unpaired) electrons. The first-order chi connectivity index (χ1) is 9.52.